The fraction of sp³-hybridized carbons (Fsp3) is 0.0588. The Balaban J connectivity index is 2.54. The van der Waals surface area contributed by atoms with E-state index in [1.54, 1.807) is 13.4 Å². The zero-order valence-corrected chi connectivity index (χ0v) is 12.5. The SMILES string of the molecule is C=CN=C(c1cccc(Cl)c1)c1ccccc1NC=NC. The number of nitrogens with one attached hydrogen (secondary N) is 1. The van der Waals surface area contributed by atoms with Gasteiger partial charge in [-0.25, -0.2) is 0 Å². The van der Waals surface area contributed by atoms with E-state index in [2.05, 4.69) is 21.9 Å². The molecule has 0 saturated carbocycles. The fourth-order valence-corrected chi connectivity index (χ4v) is 2.17. The molecule has 0 spiro atoms. The number of hydrogen-bond donors (Lipinski definition) is 1. The van der Waals surface area contributed by atoms with Crippen LogP contribution in [-0.4, -0.2) is 19.1 Å². The Morgan fingerprint density at radius 2 is 2.00 bits per heavy atom. The lowest BCUT2D eigenvalue weighted by molar-refractivity contribution is 1.45. The highest BCUT2D eigenvalue weighted by Crippen LogP contribution is 2.21. The zero-order chi connectivity index (χ0) is 15.1. The van der Waals surface area contributed by atoms with Crippen LogP contribution in [0.2, 0.25) is 5.02 Å². The third-order valence-electron chi connectivity index (χ3n) is 2.85. The van der Waals surface area contributed by atoms with Crippen molar-refractivity contribution in [2.75, 3.05) is 12.4 Å². The van der Waals surface area contributed by atoms with Gasteiger partial charge < -0.3 is 5.32 Å². The maximum atomic E-state index is 6.08. The summed E-state index contributed by atoms with van der Waals surface area (Å²) >= 11 is 6.08. The van der Waals surface area contributed by atoms with Gasteiger partial charge in [-0.3, -0.25) is 9.98 Å². The van der Waals surface area contributed by atoms with Crippen molar-refractivity contribution in [1.29, 1.82) is 0 Å². The highest BCUT2D eigenvalue weighted by Gasteiger charge is 2.11. The minimum atomic E-state index is 0.671. The minimum absolute atomic E-state index is 0.671. The third kappa shape index (κ3) is 3.80. The Bertz CT molecular complexity index is 690. The summed E-state index contributed by atoms with van der Waals surface area (Å²) in [5.74, 6) is 0. The molecule has 0 amide bonds. The van der Waals surface area contributed by atoms with Gasteiger partial charge in [-0.15, -0.1) is 0 Å². The molecule has 0 aliphatic heterocycles. The van der Waals surface area contributed by atoms with Gasteiger partial charge in [0.2, 0.25) is 0 Å². The van der Waals surface area contributed by atoms with E-state index in [0.29, 0.717) is 5.02 Å². The number of rotatable bonds is 5. The number of nitrogens with zero attached hydrogens (tertiary/aromatic N) is 2. The number of para-hydroxylation sites is 1. The van der Waals surface area contributed by atoms with Gasteiger partial charge in [-0.1, -0.05) is 48.5 Å². The van der Waals surface area contributed by atoms with Crippen LogP contribution in [0.15, 0.2) is 71.3 Å². The van der Waals surface area contributed by atoms with E-state index in [-0.39, 0.29) is 0 Å². The zero-order valence-electron chi connectivity index (χ0n) is 11.8. The minimum Gasteiger partial charge on any atom is -0.346 e. The maximum absolute atomic E-state index is 6.08. The average Bonchev–Trinajstić information content (AvgIpc) is 2.51. The van der Waals surface area contributed by atoms with Gasteiger partial charge in [-0.2, -0.15) is 0 Å². The third-order valence-corrected chi connectivity index (χ3v) is 3.08. The lowest BCUT2D eigenvalue weighted by Gasteiger charge is -2.12. The lowest BCUT2D eigenvalue weighted by Crippen LogP contribution is -2.08. The predicted octanol–water partition coefficient (Wildman–Crippen LogP) is 4.39. The number of anilines is 1. The van der Waals surface area contributed by atoms with E-state index < -0.39 is 0 Å². The quantitative estimate of drug-likeness (QED) is 0.645. The maximum Gasteiger partial charge on any atom is 0.0864 e. The predicted molar refractivity (Wildman–Crippen MR) is 91.8 cm³/mol. The summed E-state index contributed by atoms with van der Waals surface area (Å²) in [5.41, 5.74) is 3.62. The second-order valence-electron chi connectivity index (χ2n) is 4.25. The first-order valence-electron chi connectivity index (χ1n) is 6.47. The molecule has 0 unspecified atom stereocenters. The molecule has 0 aromatic heterocycles. The molecule has 0 atom stereocenters. The van der Waals surface area contributed by atoms with Gasteiger partial charge in [0.05, 0.1) is 12.1 Å². The van der Waals surface area contributed by atoms with E-state index >= 15 is 0 Å². The molecule has 0 radical (unpaired) electrons. The highest BCUT2D eigenvalue weighted by atomic mass is 35.5. The van der Waals surface area contributed by atoms with Gasteiger partial charge in [0.15, 0.2) is 0 Å². The molecule has 0 aliphatic carbocycles. The Hall–Kier alpha value is -2.39. The van der Waals surface area contributed by atoms with Crippen LogP contribution in [0.25, 0.3) is 0 Å². The summed E-state index contributed by atoms with van der Waals surface area (Å²) < 4.78 is 0. The molecule has 106 valence electrons. The van der Waals surface area contributed by atoms with Crippen molar-refractivity contribution in [3.05, 3.63) is 77.5 Å². The first-order chi connectivity index (χ1) is 10.3. The largest absolute Gasteiger partial charge is 0.346 e. The molecular weight excluding hydrogens is 282 g/mol. The fourth-order valence-electron chi connectivity index (χ4n) is 1.98. The van der Waals surface area contributed by atoms with Crippen LogP contribution in [0.4, 0.5) is 5.69 Å². The Morgan fingerprint density at radius 3 is 2.71 bits per heavy atom. The molecule has 2 rings (SSSR count). The van der Waals surface area contributed by atoms with Crippen LogP contribution in [-0.2, 0) is 0 Å². The van der Waals surface area contributed by atoms with Crippen molar-refractivity contribution < 1.29 is 0 Å². The Kier molecular flexibility index (Phi) is 5.29. The number of hydrogen-bond acceptors (Lipinski definition) is 2. The molecular formula is C17H16ClN3. The lowest BCUT2D eigenvalue weighted by atomic mass is 10.0. The Labute approximate surface area is 129 Å². The van der Waals surface area contributed by atoms with Crippen LogP contribution in [0.5, 0.6) is 0 Å². The molecule has 2 aromatic carbocycles. The Morgan fingerprint density at radius 1 is 1.19 bits per heavy atom. The van der Waals surface area contributed by atoms with Crippen LogP contribution in [0.1, 0.15) is 11.1 Å². The standard InChI is InChI=1S/C17H16ClN3/c1-3-20-17(13-7-6-8-14(18)11-13)15-9-4-5-10-16(15)21-12-19-2/h3-12H,1H2,2H3,(H,19,21). The second-order valence-corrected chi connectivity index (χ2v) is 4.68. The summed E-state index contributed by atoms with van der Waals surface area (Å²) in [6.45, 7) is 3.70. The summed E-state index contributed by atoms with van der Waals surface area (Å²) in [6, 6.07) is 15.5. The first-order valence-corrected chi connectivity index (χ1v) is 6.85. The highest BCUT2D eigenvalue weighted by molar-refractivity contribution is 6.31. The van der Waals surface area contributed by atoms with Gasteiger partial charge in [0, 0.05) is 35.1 Å². The van der Waals surface area contributed by atoms with E-state index in [4.69, 9.17) is 11.6 Å². The number of aliphatic imine (C=N–C) groups is 2. The number of halogens is 1. The van der Waals surface area contributed by atoms with Crippen molar-refractivity contribution in [3.63, 3.8) is 0 Å². The molecule has 4 heteroatoms. The van der Waals surface area contributed by atoms with Crippen molar-refractivity contribution >= 4 is 29.3 Å². The van der Waals surface area contributed by atoms with Crippen molar-refractivity contribution in [2.45, 2.75) is 0 Å². The topological polar surface area (TPSA) is 36.8 Å². The van der Waals surface area contributed by atoms with Gasteiger partial charge in [0.1, 0.15) is 0 Å². The average molecular weight is 298 g/mol. The molecule has 0 bridgehead atoms. The second kappa shape index (κ2) is 7.41. The number of benzene rings is 2. The molecule has 3 nitrogen and oxygen atoms in total. The summed E-state index contributed by atoms with van der Waals surface area (Å²) in [6.07, 6.45) is 3.17. The summed E-state index contributed by atoms with van der Waals surface area (Å²) in [4.78, 5) is 8.36. The van der Waals surface area contributed by atoms with Crippen molar-refractivity contribution in [1.82, 2.24) is 0 Å². The van der Waals surface area contributed by atoms with E-state index in [9.17, 15) is 0 Å². The summed E-state index contributed by atoms with van der Waals surface area (Å²) in [5, 5.41) is 3.82. The van der Waals surface area contributed by atoms with Crippen LogP contribution in [0.3, 0.4) is 0 Å². The first kappa shape index (κ1) is 15.0. The van der Waals surface area contributed by atoms with E-state index in [0.717, 1.165) is 22.5 Å². The smallest absolute Gasteiger partial charge is 0.0864 e. The molecule has 0 heterocycles. The van der Waals surface area contributed by atoms with Crippen LogP contribution < -0.4 is 5.32 Å². The van der Waals surface area contributed by atoms with Crippen LogP contribution >= 0.6 is 11.6 Å². The monoisotopic (exact) mass is 297 g/mol. The summed E-state index contributed by atoms with van der Waals surface area (Å²) in [7, 11) is 1.71. The van der Waals surface area contributed by atoms with Gasteiger partial charge >= 0.3 is 0 Å². The molecule has 0 fully saturated rings. The molecule has 1 N–H and O–H groups in total. The van der Waals surface area contributed by atoms with E-state index in [1.807, 2.05) is 48.5 Å². The molecule has 0 aliphatic rings. The van der Waals surface area contributed by atoms with Crippen LogP contribution in [0, 0.1) is 0 Å². The molecule has 0 saturated heterocycles. The van der Waals surface area contributed by atoms with Crippen molar-refractivity contribution in [3.8, 4) is 0 Å². The van der Waals surface area contributed by atoms with E-state index in [1.165, 1.54) is 6.20 Å². The molecule has 21 heavy (non-hydrogen) atoms. The normalized spacial score (nSPS) is 11.6. The molecule has 2 aromatic rings. The van der Waals surface area contributed by atoms with Gasteiger partial charge in [0.25, 0.3) is 0 Å². The van der Waals surface area contributed by atoms with Crippen molar-refractivity contribution in [2.24, 2.45) is 9.98 Å². The van der Waals surface area contributed by atoms with Gasteiger partial charge in [-0.05, 0) is 18.2 Å².